The summed E-state index contributed by atoms with van der Waals surface area (Å²) in [6, 6.07) is 7.98. The van der Waals surface area contributed by atoms with Gasteiger partial charge in [0.25, 0.3) is 0 Å². The summed E-state index contributed by atoms with van der Waals surface area (Å²) >= 11 is 0. The molecular weight excluding hydrogens is 626 g/mol. The molecule has 3 fully saturated rings. The molecule has 0 radical (unpaired) electrons. The van der Waals surface area contributed by atoms with E-state index in [1.54, 1.807) is 35.0 Å². The number of hydrogen-bond donors (Lipinski definition) is 1. The molecule has 278 valence electrons. The van der Waals surface area contributed by atoms with E-state index in [2.05, 4.69) is 35.9 Å². The molecule has 11 nitrogen and oxygen atoms in total. The highest BCUT2D eigenvalue weighted by atomic mass is 16.7. The van der Waals surface area contributed by atoms with Gasteiger partial charge in [0.2, 0.25) is 0 Å². The van der Waals surface area contributed by atoms with Crippen molar-refractivity contribution in [2.45, 2.75) is 116 Å². The number of piperidine rings is 1. The summed E-state index contributed by atoms with van der Waals surface area (Å²) in [5.74, 6) is -0.631. The molecule has 8 atom stereocenters. The van der Waals surface area contributed by atoms with Gasteiger partial charge in [0.1, 0.15) is 23.9 Å². The fourth-order valence-corrected chi connectivity index (χ4v) is 8.30. The third-order valence-corrected chi connectivity index (χ3v) is 11.6. The number of likely N-dealkylation sites (tertiary alicyclic amines) is 1. The van der Waals surface area contributed by atoms with Crippen molar-refractivity contribution in [2.75, 3.05) is 61.6 Å². The Hall–Kier alpha value is -2.12. The van der Waals surface area contributed by atoms with E-state index in [0.717, 1.165) is 44.8 Å². The van der Waals surface area contributed by atoms with E-state index in [1.165, 1.54) is 5.56 Å². The third-order valence-electron chi connectivity index (χ3n) is 11.6. The zero-order valence-corrected chi connectivity index (χ0v) is 31.9. The third kappa shape index (κ3) is 8.86. The summed E-state index contributed by atoms with van der Waals surface area (Å²) in [6.07, 6.45) is -0.0208. The molecular formula is C38H63N3O8. The fourth-order valence-electron chi connectivity index (χ4n) is 8.30. The van der Waals surface area contributed by atoms with E-state index >= 15 is 0 Å². The topological polar surface area (TPSA) is 110 Å². The van der Waals surface area contributed by atoms with E-state index in [1.807, 2.05) is 45.0 Å². The van der Waals surface area contributed by atoms with Gasteiger partial charge in [-0.3, -0.25) is 19.4 Å². The molecule has 0 saturated carbocycles. The summed E-state index contributed by atoms with van der Waals surface area (Å²) in [5, 5.41) is 11.4. The number of aliphatic hydroxyl groups excluding tert-OH is 1. The first-order valence-corrected chi connectivity index (χ1v) is 17.9. The van der Waals surface area contributed by atoms with E-state index in [0.29, 0.717) is 12.8 Å². The lowest BCUT2D eigenvalue weighted by molar-refractivity contribution is -0.295. The van der Waals surface area contributed by atoms with Crippen molar-refractivity contribution in [2.24, 2.45) is 17.3 Å². The zero-order chi connectivity index (χ0) is 36.3. The molecule has 3 saturated heterocycles. The molecule has 3 heterocycles. The molecule has 3 aliphatic rings. The van der Waals surface area contributed by atoms with E-state index < -0.39 is 41.4 Å². The van der Waals surface area contributed by atoms with Gasteiger partial charge in [-0.25, -0.2) is 0 Å². The summed E-state index contributed by atoms with van der Waals surface area (Å²) in [4.78, 5) is 35.0. The van der Waals surface area contributed by atoms with Crippen LogP contribution in [-0.2, 0) is 35.1 Å². The minimum atomic E-state index is -1.44. The first kappa shape index (κ1) is 39.7. The van der Waals surface area contributed by atoms with Crippen LogP contribution in [0.15, 0.2) is 24.3 Å². The first-order valence-electron chi connectivity index (χ1n) is 17.9. The number of benzene rings is 1. The Labute approximate surface area is 294 Å². The largest absolute Gasteiger partial charge is 0.497 e. The SMILES string of the molecule is COc1cccc(CN2CCC3(CC2)COC(=O)C(C)(C)C(=O)[C@H](C)[C@@H](O[C@@H]2O[C@H](C)C[C@H](N(C)C)[C@H]2O)[C@](C)(OC)C[C@@H](C)CN3C)c1. The van der Waals surface area contributed by atoms with Crippen molar-refractivity contribution >= 4 is 11.8 Å². The van der Waals surface area contributed by atoms with Gasteiger partial charge in [0.15, 0.2) is 12.1 Å². The number of aliphatic hydroxyl groups is 1. The Morgan fingerprint density at radius 2 is 1.73 bits per heavy atom. The number of ketones is 1. The number of cyclic esters (lactones) is 1. The molecule has 0 amide bonds. The second-order valence-corrected chi connectivity index (χ2v) is 16.0. The van der Waals surface area contributed by atoms with Crippen molar-refractivity contribution < 1.29 is 38.4 Å². The van der Waals surface area contributed by atoms with Crippen molar-refractivity contribution in [1.29, 1.82) is 0 Å². The van der Waals surface area contributed by atoms with Gasteiger partial charge < -0.3 is 33.7 Å². The lowest BCUT2D eigenvalue weighted by atomic mass is 9.74. The second-order valence-electron chi connectivity index (χ2n) is 16.0. The number of likely N-dealkylation sites (N-methyl/N-ethyl adjacent to an activating group) is 2. The quantitative estimate of drug-likeness (QED) is 0.332. The molecule has 3 aliphatic heterocycles. The Kier molecular flexibility index (Phi) is 13.0. The smallest absolute Gasteiger partial charge is 0.319 e. The predicted molar refractivity (Wildman–Crippen MR) is 188 cm³/mol. The predicted octanol–water partition coefficient (Wildman–Crippen LogP) is 3.99. The molecule has 11 heteroatoms. The molecule has 1 aromatic carbocycles. The average Bonchev–Trinajstić information content (AvgIpc) is 3.06. The summed E-state index contributed by atoms with van der Waals surface area (Å²) in [6.45, 7) is 14.6. The number of carbonyl (C=O) groups is 2. The van der Waals surface area contributed by atoms with Crippen LogP contribution in [0.2, 0.25) is 0 Å². The van der Waals surface area contributed by atoms with E-state index in [9.17, 15) is 14.7 Å². The molecule has 1 N–H and O–H groups in total. The second kappa shape index (κ2) is 16.0. The van der Waals surface area contributed by atoms with Gasteiger partial charge in [-0.2, -0.15) is 0 Å². The van der Waals surface area contributed by atoms with Crippen LogP contribution in [-0.4, -0.2) is 135 Å². The van der Waals surface area contributed by atoms with Crippen molar-refractivity contribution in [1.82, 2.24) is 14.7 Å². The Bertz CT molecular complexity index is 1270. The molecule has 0 aliphatic carbocycles. The summed E-state index contributed by atoms with van der Waals surface area (Å²) in [7, 11) is 9.30. The maximum absolute atomic E-state index is 14.4. The Morgan fingerprint density at radius 3 is 2.35 bits per heavy atom. The maximum atomic E-state index is 14.4. The molecule has 1 spiro atoms. The summed E-state index contributed by atoms with van der Waals surface area (Å²) < 4.78 is 30.7. The lowest BCUT2D eigenvalue weighted by Gasteiger charge is -2.48. The highest BCUT2D eigenvalue weighted by Gasteiger charge is 2.52. The molecule has 0 unspecified atom stereocenters. The summed E-state index contributed by atoms with van der Waals surface area (Å²) in [5.41, 5.74) is -1.56. The normalized spacial score (nSPS) is 35.3. The molecule has 4 rings (SSSR count). The highest BCUT2D eigenvalue weighted by molar-refractivity contribution is 6.04. The number of rotatable bonds is 7. The number of esters is 1. The Morgan fingerprint density at radius 1 is 1.06 bits per heavy atom. The van der Waals surface area contributed by atoms with Gasteiger partial charge in [0.05, 0.1) is 30.5 Å². The zero-order valence-electron chi connectivity index (χ0n) is 31.9. The standard InChI is InChI=1S/C38H63N3O8/c1-25-21-37(6,46-11)33(49-34-31(42)30(39(7)8)19-26(2)48-34)27(3)32(43)36(4,5)35(44)47-24-38(40(9)22-25)15-17-41(18-16-38)23-28-13-12-14-29(20-28)45-10/h12-14,20,25-27,30-31,33-34,42H,15-19,21-24H2,1-11H3/t25-,26-,27+,30+,31-,33-,34+,37-/m1/s1. The first-order chi connectivity index (χ1) is 23.0. The number of carbonyl (C=O) groups excluding carboxylic acids is 2. The Balaban J connectivity index is 1.61. The molecule has 0 bridgehead atoms. The van der Waals surface area contributed by atoms with E-state index in [4.69, 9.17) is 23.7 Å². The van der Waals surface area contributed by atoms with Gasteiger partial charge in [-0.05, 0) is 98.1 Å². The van der Waals surface area contributed by atoms with Crippen LogP contribution in [0.1, 0.15) is 72.8 Å². The van der Waals surface area contributed by atoms with Gasteiger partial charge in [-0.1, -0.05) is 26.0 Å². The van der Waals surface area contributed by atoms with Crippen LogP contribution < -0.4 is 4.74 Å². The highest BCUT2D eigenvalue weighted by Crippen LogP contribution is 2.40. The lowest BCUT2D eigenvalue weighted by Crippen LogP contribution is -2.59. The van der Waals surface area contributed by atoms with Crippen LogP contribution in [0.5, 0.6) is 5.75 Å². The number of Topliss-reactive ketones (excluding diaryl/α,β-unsaturated/α-hetero) is 1. The van der Waals surface area contributed by atoms with Gasteiger partial charge >= 0.3 is 5.97 Å². The monoisotopic (exact) mass is 689 g/mol. The number of nitrogens with zero attached hydrogens (tertiary/aromatic N) is 3. The van der Waals surface area contributed by atoms with Crippen molar-refractivity contribution in [3.63, 3.8) is 0 Å². The molecule has 49 heavy (non-hydrogen) atoms. The minimum absolute atomic E-state index is 0.130. The fraction of sp³-hybridized carbons (Fsp3) is 0.789. The van der Waals surface area contributed by atoms with Crippen molar-refractivity contribution in [3.8, 4) is 5.75 Å². The molecule has 1 aromatic rings. The average molecular weight is 690 g/mol. The number of hydrogen-bond acceptors (Lipinski definition) is 11. The van der Waals surface area contributed by atoms with Gasteiger partial charge in [-0.15, -0.1) is 0 Å². The van der Waals surface area contributed by atoms with Crippen LogP contribution >= 0.6 is 0 Å². The molecule has 0 aromatic heterocycles. The number of ether oxygens (including phenoxy) is 5. The van der Waals surface area contributed by atoms with E-state index in [-0.39, 0.29) is 36.0 Å². The van der Waals surface area contributed by atoms with Crippen LogP contribution in [0.4, 0.5) is 0 Å². The minimum Gasteiger partial charge on any atom is -0.497 e. The van der Waals surface area contributed by atoms with Crippen molar-refractivity contribution in [3.05, 3.63) is 29.8 Å². The van der Waals surface area contributed by atoms with Crippen LogP contribution in [0.3, 0.4) is 0 Å². The van der Waals surface area contributed by atoms with Crippen LogP contribution in [0.25, 0.3) is 0 Å². The maximum Gasteiger partial charge on any atom is 0.319 e. The number of methoxy groups -OCH3 is 2. The van der Waals surface area contributed by atoms with Gasteiger partial charge in [0, 0.05) is 45.2 Å². The van der Waals surface area contributed by atoms with Crippen LogP contribution in [0, 0.1) is 17.3 Å².